The predicted molar refractivity (Wildman–Crippen MR) is 131 cm³/mol. The molecule has 0 spiro atoms. The zero-order chi connectivity index (χ0) is 20.2. The van der Waals surface area contributed by atoms with E-state index in [1.54, 1.807) is 7.11 Å². The molecule has 0 aromatic heterocycles. The molecular weight excluding hydrogens is 481 g/mol. The minimum atomic E-state index is 0. The largest absolute Gasteiger partial charge is 0.497 e. The summed E-state index contributed by atoms with van der Waals surface area (Å²) >= 11 is 0. The average molecular weight is 519 g/mol. The summed E-state index contributed by atoms with van der Waals surface area (Å²) in [5.41, 5.74) is 0. The van der Waals surface area contributed by atoms with Gasteiger partial charge in [0.1, 0.15) is 18.1 Å². The maximum absolute atomic E-state index is 5.76. The molecule has 1 aromatic carbocycles. The van der Waals surface area contributed by atoms with Crippen molar-refractivity contribution in [1.82, 2.24) is 20.4 Å². The lowest BCUT2D eigenvalue weighted by Crippen LogP contribution is -2.50. The van der Waals surface area contributed by atoms with E-state index in [-0.39, 0.29) is 24.0 Å². The fourth-order valence-corrected chi connectivity index (χ4v) is 3.21. The third kappa shape index (κ3) is 9.39. The van der Waals surface area contributed by atoms with E-state index in [1.165, 1.54) is 0 Å². The number of nitrogens with one attached hydrogen (secondary N) is 2. The summed E-state index contributed by atoms with van der Waals surface area (Å²) < 4.78 is 10.9. The summed E-state index contributed by atoms with van der Waals surface area (Å²) in [5, 5.41) is 6.66. The van der Waals surface area contributed by atoms with Gasteiger partial charge in [0.05, 0.1) is 20.2 Å². The van der Waals surface area contributed by atoms with E-state index in [4.69, 9.17) is 14.5 Å². The minimum absolute atomic E-state index is 0. The Bertz CT molecular complexity index is 577. The molecule has 1 saturated heterocycles. The highest BCUT2D eigenvalue weighted by atomic mass is 127. The number of likely N-dealkylation sites (N-methyl/N-ethyl adjacent to an activating group) is 1. The first-order valence-corrected chi connectivity index (χ1v) is 10.4. The van der Waals surface area contributed by atoms with Crippen molar-refractivity contribution in [3.63, 3.8) is 0 Å². The number of benzene rings is 1. The van der Waals surface area contributed by atoms with Crippen molar-refractivity contribution >= 4 is 29.9 Å². The maximum Gasteiger partial charge on any atom is 0.191 e. The van der Waals surface area contributed by atoms with Crippen molar-refractivity contribution in [2.75, 3.05) is 66.1 Å². The van der Waals surface area contributed by atoms with Gasteiger partial charge in [-0.25, -0.2) is 0 Å². The van der Waals surface area contributed by atoms with Gasteiger partial charge < -0.3 is 25.0 Å². The Kier molecular flexibility index (Phi) is 13.0. The van der Waals surface area contributed by atoms with E-state index >= 15 is 0 Å². The van der Waals surface area contributed by atoms with Gasteiger partial charge in [0.15, 0.2) is 5.96 Å². The van der Waals surface area contributed by atoms with Crippen molar-refractivity contribution < 1.29 is 9.47 Å². The van der Waals surface area contributed by atoms with Crippen LogP contribution >= 0.6 is 24.0 Å². The molecule has 1 unspecified atom stereocenters. The van der Waals surface area contributed by atoms with Crippen LogP contribution in [0.1, 0.15) is 20.8 Å². The van der Waals surface area contributed by atoms with Crippen LogP contribution in [-0.4, -0.2) is 87.9 Å². The monoisotopic (exact) mass is 519 g/mol. The Morgan fingerprint density at radius 3 is 2.31 bits per heavy atom. The standard InChI is InChI=1S/C21H37N5O2.HI/c1-5-22-21(23-11-16-28-20-9-7-19(27-4)8-10-20)24-17-18(3)26-14-12-25(6-2)13-15-26;/h7-10,18H,5-6,11-17H2,1-4H3,(H2,22,23,24);1H. The van der Waals surface area contributed by atoms with Gasteiger partial charge >= 0.3 is 0 Å². The lowest BCUT2D eigenvalue weighted by atomic mass is 10.2. The van der Waals surface area contributed by atoms with Crippen molar-refractivity contribution in [3.8, 4) is 11.5 Å². The Morgan fingerprint density at radius 1 is 1.07 bits per heavy atom. The van der Waals surface area contributed by atoms with Gasteiger partial charge in [0, 0.05) is 38.8 Å². The van der Waals surface area contributed by atoms with Crippen LogP contribution in [0.25, 0.3) is 0 Å². The van der Waals surface area contributed by atoms with E-state index in [1.807, 2.05) is 24.3 Å². The number of ether oxygens (including phenoxy) is 2. The number of hydrogen-bond acceptors (Lipinski definition) is 5. The van der Waals surface area contributed by atoms with Crippen molar-refractivity contribution in [2.45, 2.75) is 26.8 Å². The van der Waals surface area contributed by atoms with Gasteiger partial charge in [-0.05, 0) is 44.7 Å². The van der Waals surface area contributed by atoms with Crippen LogP contribution in [0.5, 0.6) is 11.5 Å². The summed E-state index contributed by atoms with van der Waals surface area (Å²) in [6.07, 6.45) is 0. The Labute approximate surface area is 193 Å². The number of halogens is 1. The molecule has 29 heavy (non-hydrogen) atoms. The molecule has 2 N–H and O–H groups in total. The van der Waals surface area contributed by atoms with Crippen molar-refractivity contribution in [2.24, 2.45) is 4.99 Å². The molecule has 0 aliphatic carbocycles. The van der Waals surface area contributed by atoms with Gasteiger partial charge in [-0.3, -0.25) is 9.89 Å². The first kappa shape index (κ1) is 25.8. The maximum atomic E-state index is 5.76. The smallest absolute Gasteiger partial charge is 0.191 e. The highest BCUT2D eigenvalue weighted by molar-refractivity contribution is 14.0. The lowest BCUT2D eigenvalue weighted by molar-refractivity contribution is 0.109. The Hall–Kier alpha value is -1.26. The van der Waals surface area contributed by atoms with Crippen LogP contribution in [0.2, 0.25) is 0 Å². The zero-order valence-corrected chi connectivity index (χ0v) is 20.6. The number of guanidine groups is 1. The Balaban J connectivity index is 0.00000420. The molecule has 0 amide bonds. The number of aliphatic imine (C=N–C) groups is 1. The van der Waals surface area contributed by atoms with Crippen molar-refractivity contribution in [1.29, 1.82) is 0 Å². The molecule has 0 bridgehead atoms. The predicted octanol–water partition coefficient (Wildman–Crippen LogP) is 2.27. The van der Waals surface area contributed by atoms with E-state index < -0.39 is 0 Å². The summed E-state index contributed by atoms with van der Waals surface area (Å²) in [6.45, 7) is 15.2. The normalized spacial score (nSPS) is 16.6. The molecule has 2 rings (SSSR count). The topological polar surface area (TPSA) is 61.4 Å². The summed E-state index contributed by atoms with van der Waals surface area (Å²) in [5.74, 6) is 2.52. The first-order chi connectivity index (χ1) is 13.7. The van der Waals surface area contributed by atoms with E-state index in [0.717, 1.165) is 63.3 Å². The molecule has 0 radical (unpaired) electrons. The van der Waals surface area contributed by atoms with Gasteiger partial charge in [-0.15, -0.1) is 24.0 Å². The van der Waals surface area contributed by atoms with Gasteiger partial charge in [0.25, 0.3) is 0 Å². The molecule has 1 heterocycles. The van der Waals surface area contributed by atoms with Crippen molar-refractivity contribution in [3.05, 3.63) is 24.3 Å². The Morgan fingerprint density at radius 2 is 1.72 bits per heavy atom. The van der Waals surface area contributed by atoms with E-state index in [9.17, 15) is 0 Å². The molecular formula is C21H38IN5O2. The third-order valence-corrected chi connectivity index (χ3v) is 5.06. The van der Waals surface area contributed by atoms with Crippen LogP contribution in [0.4, 0.5) is 0 Å². The van der Waals surface area contributed by atoms with Crippen LogP contribution in [-0.2, 0) is 0 Å². The number of hydrogen-bond donors (Lipinski definition) is 2. The third-order valence-electron chi connectivity index (χ3n) is 5.06. The highest BCUT2D eigenvalue weighted by Gasteiger charge is 2.19. The second-order valence-corrected chi connectivity index (χ2v) is 6.99. The quantitative estimate of drug-likeness (QED) is 0.214. The highest BCUT2D eigenvalue weighted by Crippen LogP contribution is 2.16. The summed E-state index contributed by atoms with van der Waals surface area (Å²) in [6, 6.07) is 8.08. The van der Waals surface area contributed by atoms with E-state index in [2.05, 4.69) is 41.2 Å². The zero-order valence-electron chi connectivity index (χ0n) is 18.3. The van der Waals surface area contributed by atoms with Gasteiger partial charge in [0.2, 0.25) is 0 Å². The fourth-order valence-electron chi connectivity index (χ4n) is 3.21. The molecule has 1 aliphatic rings. The van der Waals surface area contributed by atoms with Crippen LogP contribution in [0.15, 0.2) is 29.3 Å². The molecule has 1 aliphatic heterocycles. The van der Waals surface area contributed by atoms with Gasteiger partial charge in [-0.2, -0.15) is 0 Å². The average Bonchev–Trinajstić information content (AvgIpc) is 2.75. The van der Waals surface area contributed by atoms with Gasteiger partial charge in [-0.1, -0.05) is 6.92 Å². The minimum Gasteiger partial charge on any atom is -0.497 e. The molecule has 1 aromatic rings. The SMILES string of the molecule is CCNC(=NCC(C)N1CCN(CC)CC1)NCCOc1ccc(OC)cc1.I. The van der Waals surface area contributed by atoms with Crippen LogP contribution < -0.4 is 20.1 Å². The number of methoxy groups -OCH3 is 1. The lowest BCUT2D eigenvalue weighted by Gasteiger charge is -2.37. The van der Waals surface area contributed by atoms with Crippen LogP contribution in [0.3, 0.4) is 0 Å². The molecule has 0 saturated carbocycles. The second kappa shape index (κ2) is 14.7. The summed E-state index contributed by atoms with van der Waals surface area (Å²) in [7, 11) is 1.66. The molecule has 1 atom stereocenters. The number of nitrogens with zero attached hydrogens (tertiary/aromatic N) is 3. The molecule has 1 fully saturated rings. The van der Waals surface area contributed by atoms with Crippen LogP contribution in [0, 0.1) is 0 Å². The number of rotatable bonds is 10. The van der Waals surface area contributed by atoms with E-state index in [0.29, 0.717) is 19.2 Å². The molecule has 7 nitrogen and oxygen atoms in total. The summed E-state index contributed by atoms with van der Waals surface area (Å²) in [4.78, 5) is 9.80. The molecule has 8 heteroatoms. The fraction of sp³-hybridized carbons (Fsp3) is 0.667. The molecule has 166 valence electrons. The number of piperazine rings is 1. The second-order valence-electron chi connectivity index (χ2n) is 6.99. The first-order valence-electron chi connectivity index (χ1n) is 10.4.